The maximum absolute atomic E-state index is 11.9. The Morgan fingerprint density at radius 1 is 1.15 bits per heavy atom. The van der Waals surface area contributed by atoms with E-state index in [1.54, 1.807) is 19.4 Å². The summed E-state index contributed by atoms with van der Waals surface area (Å²) in [4.78, 5) is 12.5. The van der Waals surface area contributed by atoms with Crippen LogP contribution in [0.4, 0.5) is 0 Å². The largest absolute Gasteiger partial charge is 0.497 e. The third-order valence-electron chi connectivity index (χ3n) is 3.56. The lowest BCUT2D eigenvalue weighted by molar-refractivity contribution is 0.0959. The molecule has 0 radical (unpaired) electrons. The molecule has 0 atom stereocenters. The van der Waals surface area contributed by atoms with Crippen molar-refractivity contribution in [3.05, 3.63) is 82.0 Å². The average molecular weight is 366 g/mol. The zero-order chi connectivity index (χ0) is 18.2. The number of ether oxygens (including phenoxy) is 2. The van der Waals surface area contributed by atoms with Gasteiger partial charge in [0.25, 0.3) is 5.91 Å². The Bertz CT molecular complexity index is 892. The molecule has 0 aliphatic heterocycles. The second-order valence-corrected chi connectivity index (χ2v) is 6.30. The highest BCUT2D eigenvalue weighted by atomic mass is 32.1. The Morgan fingerprint density at radius 2 is 2.04 bits per heavy atom. The quantitative estimate of drug-likeness (QED) is 0.506. The van der Waals surface area contributed by atoms with Crippen molar-refractivity contribution in [1.29, 1.82) is 0 Å². The molecule has 132 valence electrons. The summed E-state index contributed by atoms with van der Waals surface area (Å²) in [5, 5.41) is 5.87. The number of rotatable bonds is 7. The molecule has 6 heteroatoms. The van der Waals surface area contributed by atoms with E-state index in [0.29, 0.717) is 17.2 Å². The van der Waals surface area contributed by atoms with Gasteiger partial charge < -0.3 is 9.47 Å². The van der Waals surface area contributed by atoms with E-state index in [9.17, 15) is 4.79 Å². The molecule has 0 aliphatic rings. The lowest BCUT2D eigenvalue weighted by Crippen LogP contribution is -2.16. The number of nitrogens with zero attached hydrogens (tertiary/aromatic N) is 1. The van der Waals surface area contributed by atoms with Gasteiger partial charge in [-0.15, -0.1) is 11.3 Å². The highest BCUT2D eigenvalue weighted by Gasteiger charge is 2.05. The fraction of sp³-hybridized carbons (Fsp3) is 0.100. The van der Waals surface area contributed by atoms with E-state index in [-0.39, 0.29) is 5.91 Å². The molecule has 5 nitrogen and oxygen atoms in total. The second-order valence-electron chi connectivity index (χ2n) is 5.35. The molecular weight excluding hydrogens is 348 g/mol. The van der Waals surface area contributed by atoms with Gasteiger partial charge in [0.05, 0.1) is 18.2 Å². The Kier molecular flexibility index (Phi) is 6.01. The molecule has 1 heterocycles. The molecule has 0 unspecified atom stereocenters. The smallest absolute Gasteiger partial charge is 0.281 e. The van der Waals surface area contributed by atoms with Crippen LogP contribution in [0.3, 0.4) is 0 Å². The number of amides is 1. The van der Waals surface area contributed by atoms with Crippen LogP contribution >= 0.6 is 11.3 Å². The van der Waals surface area contributed by atoms with E-state index in [1.807, 2.05) is 60.0 Å². The molecular formula is C20H18N2O3S. The molecule has 2 aromatic carbocycles. The van der Waals surface area contributed by atoms with Crippen molar-refractivity contribution >= 4 is 23.5 Å². The highest BCUT2D eigenvalue weighted by molar-refractivity contribution is 7.12. The SMILES string of the molecule is COc1cccc(COc2ccccc2/C=N/NC(=O)c2cccs2)c1. The van der Waals surface area contributed by atoms with Crippen LogP contribution in [0.25, 0.3) is 0 Å². The Balaban J connectivity index is 1.64. The minimum atomic E-state index is -0.231. The first-order chi connectivity index (χ1) is 12.8. The fourth-order valence-electron chi connectivity index (χ4n) is 2.27. The van der Waals surface area contributed by atoms with Crippen molar-refractivity contribution in [3.8, 4) is 11.5 Å². The standard InChI is InChI=1S/C20H18N2O3S/c1-24-17-8-4-6-15(12-17)14-25-18-9-3-2-7-16(18)13-21-22-20(23)19-10-5-11-26-19/h2-13H,14H2,1H3,(H,22,23)/b21-13+. The van der Waals surface area contributed by atoms with Crippen molar-refractivity contribution in [2.75, 3.05) is 7.11 Å². The number of benzene rings is 2. The van der Waals surface area contributed by atoms with Gasteiger partial charge in [-0.1, -0.05) is 30.3 Å². The summed E-state index contributed by atoms with van der Waals surface area (Å²) in [6, 6.07) is 18.8. The summed E-state index contributed by atoms with van der Waals surface area (Å²) in [6.07, 6.45) is 1.58. The van der Waals surface area contributed by atoms with Gasteiger partial charge in [0.15, 0.2) is 0 Å². The predicted molar refractivity (Wildman–Crippen MR) is 103 cm³/mol. The van der Waals surface area contributed by atoms with Gasteiger partial charge >= 0.3 is 0 Å². The number of carbonyl (C=O) groups is 1. The van der Waals surface area contributed by atoms with Crippen LogP contribution in [0.15, 0.2) is 71.1 Å². The molecule has 1 amide bonds. The molecule has 3 rings (SSSR count). The third-order valence-corrected chi connectivity index (χ3v) is 4.43. The number of nitrogens with one attached hydrogen (secondary N) is 1. The topological polar surface area (TPSA) is 59.9 Å². The number of hydrazone groups is 1. The number of carbonyl (C=O) groups excluding carboxylic acids is 1. The van der Waals surface area contributed by atoms with Crippen molar-refractivity contribution in [3.63, 3.8) is 0 Å². The summed E-state index contributed by atoms with van der Waals surface area (Å²) in [5.74, 6) is 1.24. The van der Waals surface area contributed by atoms with Gasteiger partial charge in [-0.05, 0) is 41.3 Å². The molecule has 0 saturated heterocycles. The first-order valence-electron chi connectivity index (χ1n) is 7.98. The van der Waals surface area contributed by atoms with Crippen LogP contribution in [0.2, 0.25) is 0 Å². The van der Waals surface area contributed by atoms with E-state index in [4.69, 9.17) is 9.47 Å². The van der Waals surface area contributed by atoms with Crippen LogP contribution in [-0.2, 0) is 6.61 Å². The lowest BCUT2D eigenvalue weighted by atomic mass is 10.2. The summed E-state index contributed by atoms with van der Waals surface area (Å²) >= 11 is 1.37. The van der Waals surface area contributed by atoms with Gasteiger partial charge in [0, 0.05) is 5.56 Å². The average Bonchev–Trinajstić information content (AvgIpc) is 3.22. The maximum atomic E-state index is 11.9. The van der Waals surface area contributed by atoms with Crippen molar-refractivity contribution in [2.45, 2.75) is 6.61 Å². The maximum Gasteiger partial charge on any atom is 0.281 e. The Morgan fingerprint density at radius 3 is 2.85 bits per heavy atom. The van der Waals surface area contributed by atoms with Crippen LogP contribution in [-0.4, -0.2) is 19.2 Å². The van der Waals surface area contributed by atoms with E-state index in [0.717, 1.165) is 16.9 Å². The first-order valence-corrected chi connectivity index (χ1v) is 8.86. The van der Waals surface area contributed by atoms with Gasteiger partial charge in [0.2, 0.25) is 0 Å². The highest BCUT2D eigenvalue weighted by Crippen LogP contribution is 2.19. The van der Waals surface area contributed by atoms with Gasteiger partial charge in [-0.25, -0.2) is 5.43 Å². The minimum Gasteiger partial charge on any atom is -0.497 e. The van der Waals surface area contributed by atoms with Crippen LogP contribution in [0.5, 0.6) is 11.5 Å². The van der Waals surface area contributed by atoms with Gasteiger partial charge in [-0.3, -0.25) is 4.79 Å². The number of para-hydroxylation sites is 1. The van der Waals surface area contributed by atoms with Gasteiger partial charge in [0.1, 0.15) is 18.1 Å². The molecule has 0 fully saturated rings. The van der Waals surface area contributed by atoms with Gasteiger partial charge in [-0.2, -0.15) is 5.10 Å². The Labute approximate surface area is 155 Å². The summed E-state index contributed by atoms with van der Waals surface area (Å²) in [5.41, 5.74) is 4.30. The Hall–Kier alpha value is -3.12. The van der Waals surface area contributed by atoms with E-state index in [1.165, 1.54) is 11.3 Å². The molecule has 0 aliphatic carbocycles. The molecule has 26 heavy (non-hydrogen) atoms. The zero-order valence-electron chi connectivity index (χ0n) is 14.2. The van der Waals surface area contributed by atoms with E-state index < -0.39 is 0 Å². The van der Waals surface area contributed by atoms with Crippen molar-refractivity contribution in [1.82, 2.24) is 5.43 Å². The van der Waals surface area contributed by atoms with Crippen LogP contribution < -0.4 is 14.9 Å². The zero-order valence-corrected chi connectivity index (χ0v) is 15.0. The second kappa shape index (κ2) is 8.82. The van der Waals surface area contributed by atoms with Crippen molar-refractivity contribution < 1.29 is 14.3 Å². The normalized spacial score (nSPS) is 10.7. The monoisotopic (exact) mass is 366 g/mol. The summed E-state index contributed by atoms with van der Waals surface area (Å²) in [6.45, 7) is 0.406. The van der Waals surface area contributed by atoms with Crippen molar-refractivity contribution in [2.24, 2.45) is 5.10 Å². The molecule has 0 saturated carbocycles. The molecule has 0 bridgehead atoms. The first kappa shape index (κ1) is 17.7. The predicted octanol–water partition coefficient (Wildman–Crippen LogP) is 4.10. The molecule has 1 aromatic heterocycles. The molecule has 3 aromatic rings. The number of thiophene rings is 1. The number of hydrogen-bond donors (Lipinski definition) is 1. The summed E-state index contributed by atoms with van der Waals surface area (Å²) in [7, 11) is 1.64. The van der Waals surface area contributed by atoms with E-state index in [2.05, 4.69) is 10.5 Å². The third kappa shape index (κ3) is 4.70. The molecule has 0 spiro atoms. The van der Waals surface area contributed by atoms with Crippen LogP contribution in [0, 0.1) is 0 Å². The van der Waals surface area contributed by atoms with Crippen LogP contribution in [0.1, 0.15) is 20.8 Å². The molecule has 1 N–H and O–H groups in total. The number of methoxy groups -OCH3 is 1. The fourth-order valence-corrected chi connectivity index (χ4v) is 2.88. The lowest BCUT2D eigenvalue weighted by Gasteiger charge is -2.10. The summed E-state index contributed by atoms with van der Waals surface area (Å²) < 4.78 is 11.1. The minimum absolute atomic E-state index is 0.231. The van der Waals surface area contributed by atoms with E-state index >= 15 is 0 Å². The number of hydrogen-bond acceptors (Lipinski definition) is 5.